The Bertz CT molecular complexity index is 1100. The molecule has 7 nitrogen and oxygen atoms in total. The van der Waals surface area contributed by atoms with Crippen LogP contribution in [0.3, 0.4) is 0 Å². The molecule has 7 heteroatoms. The van der Waals surface area contributed by atoms with Crippen molar-refractivity contribution in [3.63, 3.8) is 0 Å². The standard InChI is InChI=1S/C32H38O7/c1-3-4-21-37-30(33)20-13-25-11-16-28(17-12-25)38-32(35)26-14-18-27(19-15-26)36-22-9-7-5-6-8-10-29-23-24(2)31(34)39-29/h11-20,29H,2-10,21-23H2,1H3. The molecule has 39 heavy (non-hydrogen) atoms. The molecule has 1 saturated heterocycles. The maximum absolute atomic E-state index is 12.5. The van der Waals surface area contributed by atoms with Gasteiger partial charge >= 0.3 is 17.9 Å². The Morgan fingerprint density at radius 1 is 0.923 bits per heavy atom. The highest BCUT2D eigenvalue weighted by atomic mass is 16.6. The average Bonchev–Trinajstić information content (AvgIpc) is 3.26. The summed E-state index contributed by atoms with van der Waals surface area (Å²) in [4.78, 5) is 35.5. The molecule has 2 aromatic rings. The van der Waals surface area contributed by atoms with Gasteiger partial charge in [0.1, 0.15) is 17.6 Å². The van der Waals surface area contributed by atoms with Crippen molar-refractivity contribution >= 4 is 24.0 Å². The Morgan fingerprint density at radius 3 is 2.31 bits per heavy atom. The van der Waals surface area contributed by atoms with Crippen molar-refractivity contribution in [1.29, 1.82) is 0 Å². The molecule has 1 atom stereocenters. The van der Waals surface area contributed by atoms with Crippen molar-refractivity contribution < 1.29 is 33.3 Å². The predicted molar refractivity (Wildman–Crippen MR) is 150 cm³/mol. The molecule has 0 radical (unpaired) electrons. The van der Waals surface area contributed by atoms with E-state index in [1.165, 1.54) is 6.08 Å². The number of cyclic esters (lactones) is 1. The smallest absolute Gasteiger partial charge is 0.343 e. The van der Waals surface area contributed by atoms with E-state index in [9.17, 15) is 14.4 Å². The quantitative estimate of drug-likeness (QED) is 0.101. The average molecular weight is 535 g/mol. The summed E-state index contributed by atoms with van der Waals surface area (Å²) < 4.78 is 21.6. The van der Waals surface area contributed by atoms with Gasteiger partial charge in [-0.05, 0) is 73.7 Å². The highest BCUT2D eigenvalue weighted by Gasteiger charge is 2.26. The summed E-state index contributed by atoms with van der Waals surface area (Å²) in [6, 6.07) is 13.8. The topological polar surface area (TPSA) is 88.1 Å². The van der Waals surface area contributed by atoms with E-state index in [1.54, 1.807) is 54.6 Å². The molecule has 0 bridgehead atoms. The first-order valence-electron chi connectivity index (χ1n) is 13.7. The fourth-order valence-corrected chi connectivity index (χ4v) is 4.02. The van der Waals surface area contributed by atoms with E-state index >= 15 is 0 Å². The highest BCUT2D eigenvalue weighted by Crippen LogP contribution is 2.23. The number of carbonyl (C=O) groups excluding carboxylic acids is 3. The Morgan fingerprint density at radius 2 is 1.62 bits per heavy atom. The first-order valence-corrected chi connectivity index (χ1v) is 13.7. The summed E-state index contributed by atoms with van der Waals surface area (Å²) in [7, 11) is 0. The molecule has 3 rings (SSSR count). The van der Waals surface area contributed by atoms with Crippen LogP contribution in [-0.4, -0.2) is 37.2 Å². The van der Waals surface area contributed by atoms with Crippen molar-refractivity contribution in [2.24, 2.45) is 0 Å². The monoisotopic (exact) mass is 534 g/mol. The summed E-state index contributed by atoms with van der Waals surface area (Å²) in [6.45, 7) is 6.78. The van der Waals surface area contributed by atoms with Crippen LogP contribution < -0.4 is 9.47 Å². The van der Waals surface area contributed by atoms with Gasteiger partial charge in [-0.2, -0.15) is 0 Å². The second-order valence-corrected chi connectivity index (χ2v) is 9.58. The van der Waals surface area contributed by atoms with Gasteiger partial charge in [-0.15, -0.1) is 0 Å². The van der Waals surface area contributed by atoms with Crippen LogP contribution in [0.2, 0.25) is 0 Å². The first kappa shape index (κ1) is 29.7. The van der Waals surface area contributed by atoms with Gasteiger partial charge < -0.3 is 18.9 Å². The van der Waals surface area contributed by atoms with Crippen LogP contribution in [0.5, 0.6) is 11.5 Å². The third-order valence-corrected chi connectivity index (χ3v) is 6.31. The SMILES string of the molecule is C=C1CC(CCCCCCCOc2ccc(C(=O)Oc3ccc(C=CC(=O)OCCCC)cc3)cc2)OC1=O. The Labute approximate surface area is 230 Å². The first-order chi connectivity index (χ1) is 18.9. The zero-order valence-electron chi connectivity index (χ0n) is 22.7. The molecule has 208 valence electrons. The molecule has 0 amide bonds. The van der Waals surface area contributed by atoms with Crippen molar-refractivity contribution in [1.82, 2.24) is 0 Å². The lowest BCUT2D eigenvalue weighted by molar-refractivity contribution is -0.139. The molecule has 1 aliphatic rings. The number of hydrogen-bond donors (Lipinski definition) is 0. The number of rotatable bonds is 16. The van der Waals surface area contributed by atoms with Crippen LogP contribution in [0.1, 0.15) is 80.6 Å². The molecule has 0 spiro atoms. The maximum Gasteiger partial charge on any atom is 0.343 e. The number of unbranched alkanes of at least 4 members (excludes halogenated alkanes) is 5. The normalized spacial score (nSPS) is 14.8. The third-order valence-electron chi connectivity index (χ3n) is 6.31. The number of carbonyl (C=O) groups is 3. The van der Waals surface area contributed by atoms with E-state index in [4.69, 9.17) is 18.9 Å². The van der Waals surface area contributed by atoms with Gasteiger partial charge in [0.15, 0.2) is 0 Å². The zero-order chi connectivity index (χ0) is 27.9. The molecule has 1 aliphatic heterocycles. The minimum absolute atomic E-state index is 0.00949. The largest absolute Gasteiger partial charge is 0.494 e. The molecule has 1 fully saturated rings. The van der Waals surface area contributed by atoms with Crippen LogP contribution >= 0.6 is 0 Å². The summed E-state index contributed by atoms with van der Waals surface area (Å²) in [5.74, 6) is 0.0402. The summed E-state index contributed by atoms with van der Waals surface area (Å²) >= 11 is 0. The van der Waals surface area contributed by atoms with E-state index in [0.29, 0.717) is 42.3 Å². The van der Waals surface area contributed by atoms with Crippen LogP contribution in [0.15, 0.2) is 66.8 Å². The van der Waals surface area contributed by atoms with Crippen LogP contribution in [0.4, 0.5) is 0 Å². The fraction of sp³-hybridized carbons (Fsp3) is 0.406. The molecule has 0 aliphatic carbocycles. The summed E-state index contributed by atoms with van der Waals surface area (Å²) in [5, 5.41) is 0. The van der Waals surface area contributed by atoms with Crippen molar-refractivity contribution in [2.75, 3.05) is 13.2 Å². The molecule has 0 aromatic heterocycles. The molecule has 2 aromatic carbocycles. The summed E-state index contributed by atoms with van der Waals surface area (Å²) in [6.07, 6.45) is 11.7. The highest BCUT2D eigenvalue weighted by molar-refractivity contribution is 5.91. The number of ether oxygens (including phenoxy) is 4. The number of benzene rings is 2. The van der Waals surface area contributed by atoms with Gasteiger partial charge in [-0.1, -0.05) is 51.3 Å². The lowest BCUT2D eigenvalue weighted by atomic mass is 10.1. The second kappa shape index (κ2) is 16.2. The van der Waals surface area contributed by atoms with Crippen LogP contribution in [0, 0.1) is 0 Å². The molecule has 0 saturated carbocycles. The second-order valence-electron chi connectivity index (χ2n) is 9.58. The molecule has 1 heterocycles. The minimum Gasteiger partial charge on any atom is -0.494 e. The van der Waals surface area contributed by atoms with Gasteiger partial charge in [0.2, 0.25) is 0 Å². The number of hydrogen-bond acceptors (Lipinski definition) is 7. The van der Waals surface area contributed by atoms with Crippen LogP contribution in [0.25, 0.3) is 6.08 Å². The zero-order valence-corrected chi connectivity index (χ0v) is 22.7. The Kier molecular flexibility index (Phi) is 12.3. The molecule has 1 unspecified atom stereocenters. The molecular formula is C32H38O7. The molecular weight excluding hydrogens is 496 g/mol. The fourth-order valence-electron chi connectivity index (χ4n) is 4.02. The lowest BCUT2D eigenvalue weighted by Crippen LogP contribution is -2.08. The van der Waals surface area contributed by atoms with Gasteiger partial charge in [0.05, 0.1) is 18.8 Å². The summed E-state index contributed by atoms with van der Waals surface area (Å²) in [5.41, 5.74) is 1.81. The predicted octanol–water partition coefficient (Wildman–Crippen LogP) is 6.85. The van der Waals surface area contributed by atoms with E-state index in [0.717, 1.165) is 56.9 Å². The van der Waals surface area contributed by atoms with Crippen molar-refractivity contribution in [3.8, 4) is 11.5 Å². The third kappa shape index (κ3) is 10.8. The number of esters is 3. The minimum atomic E-state index is -0.457. The van der Waals surface area contributed by atoms with Gasteiger partial charge in [0, 0.05) is 18.1 Å². The van der Waals surface area contributed by atoms with Crippen molar-refractivity contribution in [2.45, 2.75) is 70.8 Å². The van der Waals surface area contributed by atoms with Gasteiger partial charge in [0.25, 0.3) is 0 Å². The molecule has 0 N–H and O–H groups in total. The van der Waals surface area contributed by atoms with Gasteiger partial charge in [-0.3, -0.25) is 0 Å². The maximum atomic E-state index is 12.5. The lowest BCUT2D eigenvalue weighted by Gasteiger charge is -2.09. The van der Waals surface area contributed by atoms with Crippen molar-refractivity contribution in [3.05, 3.63) is 77.9 Å². The Balaban J connectivity index is 1.29. The van der Waals surface area contributed by atoms with Crippen LogP contribution in [-0.2, 0) is 19.1 Å². The Hall–Kier alpha value is -3.87. The van der Waals surface area contributed by atoms with E-state index in [-0.39, 0.29) is 18.0 Å². The van der Waals surface area contributed by atoms with E-state index < -0.39 is 5.97 Å². The van der Waals surface area contributed by atoms with E-state index in [2.05, 4.69) is 6.58 Å². The van der Waals surface area contributed by atoms with Gasteiger partial charge in [-0.25, -0.2) is 14.4 Å². The van der Waals surface area contributed by atoms with E-state index in [1.807, 2.05) is 6.92 Å².